The summed E-state index contributed by atoms with van der Waals surface area (Å²) in [5.41, 5.74) is 1.87. The molecule has 8 heteroatoms. The van der Waals surface area contributed by atoms with Crippen LogP contribution in [0.3, 0.4) is 0 Å². The van der Waals surface area contributed by atoms with Crippen LogP contribution in [-0.2, 0) is 16.6 Å². The molecule has 2 aromatic carbocycles. The highest BCUT2D eigenvalue weighted by molar-refractivity contribution is 7.89. The van der Waals surface area contributed by atoms with E-state index < -0.39 is 14.9 Å². The summed E-state index contributed by atoms with van der Waals surface area (Å²) in [5, 5.41) is 11.5. The number of non-ortho nitro benzene ring substituents is 1. The Morgan fingerprint density at radius 3 is 2.52 bits per heavy atom. The van der Waals surface area contributed by atoms with E-state index in [1.165, 1.54) is 30.5 Å². The van der Waals surface area contributed by atoms with E-state index in [0.29, 0.717) is 16.5 Å². The lowest BCUT2D eigenvalue weighted by atomic mass is 10.1. The van der Waals surface area contributed by atoms with Gasteiger partial charge in [-0.05, 0) is 42.8 Å². The van der Waals surface area contributed by atoms with Crippen molar-refractivity contribution in [3.63, 3.8) is 0 Å². The van der Waals surface area contributed by atoms with E-state index in [1.807, 2.05) is 6.92 Å². The molecule has 0 spiro atoms. The fourth-order valence-electron chi connectivity index (χ4n) is 2.49. The van der Waals surface area contributed by atoms with Crippen molar-refractivity contribution >= 4 is 26.6 Å². The maximum absolute atomic E-state index is 12.4. The number of nitrogens with zero attached hydrogens (tertiary/aromatic N) is 2. The van der Waals surface area contributed by atoms with Gasteiger partial charge >= 0.3 is 0 Å². The third kappa shape index (κ3) is 3.49. The predicted molar refractivity (Wildman–Crippen MR) is 93.6 cm³/mol. The molecule has 0 saturated heterocycles. The van der Waals surface area contributed by atoms with Crippen molar-refractivity contribution in [3.8, 4) is 0 Å². The molecule has 1 aromatic heterocycles. The zero-order valence-electron chi connectivity index (χ0n) is 13.3. The van der Waals surface area contributed by atoms with Crippen molar-refractivity contribution in [2.45, 2.75) is 18.4 Å². The van der Waals surface area contributed by atoms with Crippen molar-refractivity contribution in [2.75, 3.05) is 0 Å². The van der Waals surface area contributed by atoms with E-state index >= 15 is 0 Å². The lowest BCUT2D eigenvalue weighted by molar-refractivity contribution is -0.383. The van der Waals surface area contributed by atoms with Crippen LogP contribution in [0.25, 0.3) is 10.9 Å². The van der Waals surface area contributed by atoms with Crippen LogP contribution in [0, 0.1) is 17.0 Å². The summed E-state index contributed by atoms with van der Waals surface area (Å²) in [7, 11) is -3.68. The van der Waals surface area contributed by atoms with Gasteiger partial charge in [0.25, 0.3) is 5.69 Å². The minimum Gasteiger partial charge on any atom is -0.258 e. The Bertz CT molecular complexity index is 1050. The third-order valence-corrected chi connectivity index (χ3v) is 5.23. The Morgan fingerprint density at radius 1 is 1.12 bits per heavy atom. The Morgan fingerprint density at radius 2 is 1.84 bits per heavy atom. The quantitative estimate of drug-likeness (QED) is 0.559. The summed E-state index contributed by atoms with van der Waals surface area (Å²) in [4.78, 5) is 15.0. The van der Waals surface area contributed by atoms with Gasteiger partial charge in [-0.25, -0.2) is 13.1 Å². The highest BCUT2D eigenvalue weighted by Crippen LogP contribution is 2.26. The lowest BCUT2D eigenvalue weighted by Gasteiger charge is -2.09. The van der Waals surface area contributed by atoms with Crippen molar-refractivity contribution < 1.29 is 13.3 Å². The molecule has 0 bridgehead atoms. The van der Waals surface area contributed by atoms with Gasteiger partial charge in [0.1, 0.15) is 0 Å². The van der Waals surface area contributed by atoms with Crippen LogP contribution in [0.5, 0.6) is 0 Å². The van der Waals surface area contributed by atoms with Gasteiger partial charge in [-0.1, -0.05) is 17.7 Å². The zero-order chi connectivity index (χ0) is 18.0. The van der Waals surface area contributed by atoms with Crippen LogP contribution in [-0.4, -0.2) is 18.3 Å². The Kier molecular flexibility index (Phi) is 4.47. The van der Waals surface area contributed by atoms with Gasteiger partial charge in [-0.15, -0.1) is 0 Å². The molecule has 1 heterocycles. The number of hydrogen-bond acceptors (Lipinski definition) is 5. The first-order valence-corrected chi connectivity index (χ1v) is 8.94. The van der Waals surface area contributed by atoms with Gasteiger partial charge in [0, 0.05) is 18.8 Å². The van der Waals surface area contributed by atoms with Crippen LogP contribution in [0.4, 0.5) is 5.69 Å². The molecule has 0 fully saturated rings. The fourth-order valence-corrected chi connectivity index (χ4v) is 3.50. The molecule has 7 nitrogen and oxygen atoms in total. The topological polar surface area (TPSA) is 102 Å². The molecule has 3 aromatic rings. The molecule has 25 heavy (non-hydrogen) atoms. The summed E-state index contributed by atoms with van der Waals surface area (Å²) < 4.78 is 27.3. The van der Waals surface area contributed by atoms with Crippen molar-refractivity contribution in [1.29, 1.82) is 0 Å². The zero-order valence-corrected chi connectivity index (χ0v) is 14.2. The molecular weight excluding hydrogens is 342 g/mol. The molecule has 0 unspecified atom stereocenters. The maximum Gasteiger partial charge on any atom is 0.278 e. The van der Waals surface area contributed by atoms with Crippen molar-refractivity contribution in [3.05, 3.63) is 76.0 Å². The number of nitrogens with one attached hydrogen (secondary N) is 1. The number of aromatic nitrogens is 1. The number of nitro benzene ring substituents is 1. The van der Waals surface area contributed by atoms with Gasteiger partial charge < -0.3 is 0 Å². The number of benzene rings is 2. The van der Waals surface area contributed by atoms with Gasteiger partial charge in [0.05, 0.1) is 20.7 Å². The fraction of sp³-hybridized carbons (Fsp3) is 0.118. The van der Waals surface area contributed by atoms with Crippen LogP contribution >= 0.6 is 0 Å². The average Bonchev–Trinajstić information content (AvgIpc) is 2.59. The first-order chi connectivity index (χ1) is 11.9. The molecular formula is C17H15N3O4S. The van der Waals surface area contributed by atoms with Crippen molar-refractivity contribution in [1.82, 2.24) is 9.71 Å². The first kappa shape index (κ1) is 17.0. The minimum atomic E-state index is -3.68. The average molecular weight is 357 g/mol. The largest absolute Gasteiger partial charge is 0.278 e. The summed E-state index contributed by atoms with van der Waals surface area (Å²) in [6.45, 7) is 1.86. The second-order valence-corrected chi connectivity index (χ2v) is 7.31. The van der Waals surface area contributed by atoms with Gasteiger partial charge in [0.2, 0.25) is 10.0 Å². The summed E-state index contributed by atoms with van der Waals surface area (Å²) in [5.74, 6) is 0. The van der Waals surface area contributed by atoms with E-state index in [9.17, 15) is 18.5 Å². The molecule has 128 valence electrons. The predicted octanol–water partition coefficient (Wildman–Crippen LogP) is 2.93. The Balaban J connectivity index is 1.92. The molecule has 0 aliphatic heterocycles. The highest BCUT2D eigenvalue weighted by Gasteiger charge is 2.17. The Labute approximate surface area is 144 Å². The second-order valence-electron chi connectivity index (χ2n) is 5.54. The molecule has 0 amide bonds. The third-order valence-electron chi connectivity index (χ3n) is 3.81. The summed E-state index contributed by atoms with van der Waals surface area (Å²) in [6.07, 6.45) is 1.52. The van der Waals surface area contributed by atoms with E-state index in [1.54, 1.807) is 24.3 Å². The van der Waals surface area contributed by atoms with Crippen LogP contribution in [0.15, 0.2) is 59.6 Å². The molecule has 1 N–H and O–H groups in total. The van der Waals surface area contributed by atoms with Crippen LogP contribution < -0.4 is 4.72 Å². The van der Waals surface area contributed by atoms with Gasteiger partial charge in [-0.2, -0.15) is 0 Å². The molecule has 0 radical (unpaired) electrons. The molecule has 0 saturated carbocycles. The van der Waals surface area contributed by atoms with E-state index in [2.05, 4.69) is 9.71 Å². The minimum absolute atomic E-state index is 0.0122. The summed E-state index contributed by atoms with van der Waals surface area (Å²) in [6, 6.07) is 12.6. The highest BCUT2D eigenvalue weighted by atomic mass is 32.2. The maximum atomic E-state index is 12.4. The van der Waals surface area contributed by atoms with E-state index in [-0.39, 0.29) is 17.1 Å². The normalized spacial score (nSPS) is 11.6. The number of sulfonamides is 1. The second kappa shape index (κ2) is 6.58. The van der Waals surface area contributed by atoms with E-state index in [0.717, 1.165) is 5.56 Å². The SMILES string of the molecule is Cc1ccc(S(=O)(=O)NCc2ccc([N+](=O)[O-])c3cccnc23)cc1. The number of pyridine rings is 1. The Hall–Kier alpha value is -2.84. The van der Waals surface area contributed by atoms with Crippen LogP contribution in [0.2, 0.25) is 0 Å². The van der Waals surface area contributed by atoms with Gasteiger partial charge in [-0.3, -0.25) is 15.1 Å². The smallest absolute Gasteiger partial charge is 0.258 e. The number of hydrogen-bond donors (Lipinski definition) is 1. The molecule has 0 atom stereocenters. The van der Waals surface area contributed by atoms with Crippen LogP contribution in [0.1, 0.15) is 11.1 Å². The lowest BCUT2D eigenvalue weighted by Crippen LogP contribution is -2.23. The van der Waals surface area contributed by atoms with E-state index in [4.69, 9.17) is 0 Å². The standard InChI is InChI=1S/C17H15N3O4S/c1-12-4-7-14(8-5-12)25(23,24)19-11-13-6-9-16(20(21)22)15-3-2-10-18-17(13)15/h2-10,19H,11H2,1H3. The van der Waals surface area contributed by atoms with Gasteiger partial charge in [0.15, 0.2) is 0 Å². The number of fused-ring (bicyclic) bond motifs is 1. The first-order valence-electron chi connectivity index (χ1n) is 7.46. The number of nitro groups is 1. The summed E-state index contributed by atoms with van der Waals surface area (Å²) >= 11 is 0. The monoisotopic (exact) mass is 357 g/mol. The van der Waals surface area contributed by atoms with Crippen molar-refractivity contribution in [2.24, 2.45) is 0 Å². The number of rotatable bonds is 5. The molecule has 0 aliphatic rings. The molecule has 0 aliphatic carbocycles. The number of aryl methyl sites for hydroxylation is 1. The molecule has 3 rings (SSSR count).